The molecule has 0 unspecified atom stereocenters. The van der Waals surface area contributed by atoms with E-state index in [4.69, 9.17) is 5.11 Å². The van der Waals surface area contributed by atoms with Gasteiger partial charge in [-0.25, -0.2) is 4.98 Å². The van der Waals surface area contributed by atoms with Crippen molar-refractivity contribution in [3.8, 4) is 0 Å². The van der Waals surface area contributed by atoms with Gasteiger partial charge in [0.15, 0.2) is 0 Å². The Balaban J connectivity index is 2.20. The molecule has 0 bridgehead atoms. The summed E-state index contributed by atoms with van der Waals surface area (Å²) in [7, 11) is 0. The zero-order chi connectivity index (χ0) is 11.7. The fraction of sp³-hybridized carbons (Fsp3) is 0.455. The fourth-order valence-corrected chi connectivity index (χ4v) is 2.58. The Morgan fingerprint density at radius 1 is 1.62 bits per heavy atom. The summed E-state index contributed by atoms with van der Waals surface area (Å²) in [6, 6.07) is 3.77. The molecular weight excluding hydrogens is 272 g/mol. The van der Waals surface area contributed by atoms with Crippen molar-refractivity contribution < 1.29 is 9.90 Å². The molecule has 1 fully saturated rings. The lowest BCUT2D eigenvalue weighted by molar-refractivity contribution is -0.142. The largest absolute Gasteiger partial charge is 0.481 e. The summed E-state index contributed by atoms with van der Waals surface area (Å²) in [4.78, 5) is 17.3. The Kier molecular flexibility index (Phi) is 3.14. The molecule has 0 spiro atoms. The highest BCUT2D eigenvalue weighted by atomic mass is 79.9. The molecule has 1 N–H and O–H groups in total. The second-order valence-corrected chi connectivity index (χ2v) is 4.99. The number of anilines is 1. The number of halogens is 1. The van der Waals surface area contributed by atoms with E-state index in [1.54, 1.807) is 6.20 Å². The molecule has 16 heavy (non-hydrogen) atoms. The summed E-state index contributed by atoms with van der Waals surface area (Å²) in [6.45, 7) is 3.24. The third kappa shape index (κ3) is 2.04. The van der Waals surface area contributed by atoms with Crippen LogP contribution < -0.4 is 4.90 Å². The number of hydrogen-bond acceptors (Lipinski definition) is 3. The molecule has 0 amide bonds. The van der Waals surface area contributed by atoms with E-state index in [9.17, 15) is 4.79 Å². The van der Waals surface area contributed by atoms with Gasteiger partial charge in [0.25, 0.3) is 0 Å². The number of carbonyl (C=O) groups is 1. The van der Waals surface area contributed by atoms with E-state index in [2.05, 4.69) is 20.9 Å². The molecule has 4 nitrogen and oxygen atoms in total. The molecule has 0 radical (unpaired) electrons. The molecule has 2 atom stereocenters. The van der Waals surface area contributed by atoms with Crippen LogP contribution in [0, 0.1) is 11.8 Å². The summed E-state index contributed by atoms with van der Waals surface area (Å²) < 4.78 is 0.910. The van der Waals surface area contributed by atoms with Crippen LogP contribution in [0.5, 0.6) is 0 Å². The first kappa shape index (κ1) is 11.4. The third-order valence-corrected chi connectivity index (χ3v) is 3.59. The lowest BCUT2D eigenvalue weighted by Gasteiger charge is -2.17. The van der Waals surface area contributed by atoms with Crippen LogP contribution in [0.15, 0.2) is 22.8 Å². The second-order valence-electron chi connectivity index (χ2n) is 4.14. The first-order chi connectivity index (χ1) is 7.59. The molecule has 0 saturated carbocycles. The van der Waals surface area contributed by atoms with Crippen molar-refractivity contribution in [2.24, 2.45) is 11.8 Å². The van der Waals surface area contributed by atoms with Gasteiger partial charge in [-0.3, -0.25) is 4.79 Å². The van der Waals surface area contributed by atoms with Gasteiger partial charge in [-0.1, -0.05) is 6.92 Å². The standard InChI is InChI=1S/C11H13BrN2O2/c1-7-5-14(6-8(7)11(15)16)10-9(12)3-2-4-13-10/h2-4,7-8H,5-6H2,1H3,(H,15,16)/t7-,8-/m1/s1. The smallest absolute Gasteiger partial charge is 0.308 e. The van der Waals surface area contributed by atoms with Crippen molar-refractivity contribution >= 4 is 27.7 Å². The molecule has 1 aromatic rings. The average Bonchev–Trinajstić information content (AvgIpc) is 2.61. The van der Waals surface area contributed by atoms with Gasteiger partial charge in [0.1, 0.15) is 5.82 Å². The second kappa shape index (κ2) is 4.41. The van der Waals surface area contributed by atoms with Crippen molar-refractivity contribution in [1.29, 1.82) is 0 Å². The molecule has 2 rings (SSSR count). The fourth-order valence-electron chi connectivity index (χ4n) is 2.07. The highest BCUT2D eigenvalue weighted by Gasteiger charge is 2.35. The molecule has 0 aromatic carbocycles. The summed E-state index contributed by atoms with van der Waals surface area (Å²) in [5.74, 6) is -0.0273. The van der Waals surface area contributed by atoms with Crippen LogP contribution in [0.25, 0.3) is 0 Å². The van der Waals surface area contributed by atoms with Gasteiger partial charge in [0.05, 0.1) is 10.4 Å². The zero-order valence-corrected chi connectivity index (χ0v) is 10.5. The van der Waals surface area contributed by atoms with E-state index < -0.39 is 5.97 Å². The third-order valence-electron chi connectivity index (χ3n) is 2.97. The van der Waals surface area contributed by atoms with Crippen molar-refractivity contribution in [2.45, 2.75) is 6.92 Å². The van der Waals surface area contributed by atoms with Gasteiger partial charge < -0.3 is 10.0 Å². The minimum atomic E-state index is -0.720. The Hall–Kier alpha value is -1.10. The molecule has 86 valence electrons. The quantitative estimate of drug-likeness (QED) is 0.903. The van der Waals surface area contributed by atoms with Crippen LogP contribution in [0.2, 0.25) is 0 Å². The highest BCUT2D eigenvalue weighted by molar-refractivity contribution is 9.10. The van der Waals surface area contributed by atoms with Crippen molar-refractivity contribution in [3.05, 3.63) is 22.8 Å². The van der Waals surface area contributed by atoms with Crippen LogP contribution in [0.1, 0.15) is 6.92 Å². The van der Waals surface area contributed by atoms with E-state index >= 15 is 0 Å². The summed E-state index contributed by atoms with van der Waals surface area (Å²) >= 11 is 3.43. The van der Waals surface area contributed by atoms with Crippen molar-refractivity contribution in [2.75, 3.05) is 18.0 Å². The Morgan fingerprint density at radius 2 is 2.38 bits per heavy atom. The normalized spacial score (nSPS) is 24.8. The Bertz CT molecular complexity index is 411. The molecule has 1 saturated heterocycles. The molecule has 2 heterocycles. The number of aliphatic carboxylic acids is 1. The molecular formula is C11H13BrN2O2. The van der Waals surface area contributed by atoms with Crippen LogP contribution in [-0.4, -0.2) is 29.1 Å². The number of pyridine rings is 1. The number of carboxylic acids is 1. The van der Waals surface area contributed by atoms with Gasteiger partial charge in [-0.15, -0.1) is 0 Å². The SMILES string of the molecule is C[C@@H]1CN(c2ncccc2Br)C[C@H]1C(=O)O. The van der Waals surface area contributed by atoms with Gasteiger partial charge in [-0.2, -0.15) is 0 Å². The molecule has 5 heteroatoms. The Labute approximate surface area is 102 Å². The van der Waals surface area contributed by atoms with E-state index in [1.165, 1.54) is 0 Å². The predicted octanol–water partition coefficient (Wildman–Crippen LogP) is 2.00. The minimum absolute atomic E-state index is 0.159. The maximum atomic E-state index is 11.0. The van der Waals surface area contributed by atoms with Crippen molar-refractivity contribution in [1.82, 2.24) is 4.98 Å². The topological polar surface area (TPSA) is 53.4 Å². The first-order valence-electron chi connectivity index (χ1n) is 5.18. The van der Waals surface area contributed by atoms with Gasteiger partial charge in [-0.05, 0) is 34.0 Å². The Morgan fingerprint density at radius 3 is 2.94 bits per heavy atom. The predicted molar refractivity (Wildman–Crippen MR) is 64.4 cm³/mol. The van der Waals surface area contributed by atoms with E-state index in [0.29, 0.717) is 6.54 Å². The number of aromatic nitrogens is 1. The first-order valence-corrected chi connectivity index (χ1v) is 5.97. The number of hydrogen-bond donors (Lipinski definition) is 1. The highest BCUT2D eigenvalue weighted by Crippen LogP contribution is 2.31. The average molecular weight is 285 g/mol. The molecule has 1 aliphatic heterocycles. The lowest BCUT2D eigenvalue weighted by Crippen LogP contribution is -2.23. The molecule has 1 aromatic heterocycles. The van der Waals surface area contributed by atoms with Crippen LogP contribution in [0.3, 0.4) is 0 Å². The van der Waals surface area contributed by atoms with Crippen molar-refractivity contribution in [3.63, 3.8) is 0 Å². The maximum Gasteiger partial charge on any atom is 0.308 e. The van der Waals surface area contributed by atoms with E-state index in [1.807, 2.05) is 24.0 Å². The molecule has 0 aliphatic carbocycles. The van der Waals surface area contributed by atoms with Crippen LogP contribution in [-0.2, 0) is 4.79 Å². The monoisotopic (exact) mass is 284 g/mol. The lowest BCUT2D eigenvalue weighted by atomic mass is 9.99. The van der Waals surface area contributed by atoms with Crippen LogP contribution in [0.4, 0.5) is 5.82 Å². The minimum Gasteiger partial charge on any atom is -0.481 e. The number of rotatable bonds is 2. The van der Waals surface area contributed by atoms with Crippen LogP contribution >= 0.6 is 15.9 Å². The summed E-state index contributed by atoms with van der Waals surface area (Å²) in [5, 5.41) is 9.06. The van der Waals surface area contributed by atoms with E-state index in [-0.39, 0.29) is 11.8 Å². The number of carboxylic acid groups (broad SMARTS) is 1. The van der Waals surface area contributed by atoms with Gasteiger partial charge in [0, 0.05) is 19.3 Å². The summed E-state index contributed by atoms with van der Waals surface area (Å²) in [5.41, 5.74) is 0. The number of nitrogens with zero attached hydrogens (tertiary/aromatic N) is 2. The zero-order valence-electron chi connectivity index (χ0n) is 8.93. The maximum absolute atomic E-state index is 11.0. The molecule has 1 aliphatic rings. The summed E-state index contributed by atoms with van der Waals surface area (Å²) in [6.07, 6.45) is 1.72. The van der Waals surface area contributed by atoms with Gasteiger partial charge >= 0.3 is 5.97 Å². The van der Waals surface area contributed by atoms with Gasteiger partial charge in [0.2, 0.25) is 0 Å². The van der Waals surface area contributed by atoms with E-state index in [0.717, 1.165) is 16.8 Å².